The highest BCUT2D eigenvalue weighted by Gasteiger charge is 2.32. The summed E-state index contributed by atoms with van der Waals surface area (Å²) in [6, 6.07) is 6.93. The number of hydrogen-bond acceptors (Lipinski definition) is 6. The van der Waals surface area contributed by atoms with Crippen molar-refractivity contribution in [2.24, 2.45) is 13.0 Å². The summed E-state index contributed by atoms with van der Waals surface area (Å²) in [6.07, 6.45) is 1.36. The molecule has 0 fully saturated rings. The van der Waals surface area contributed by atoms with Crippen LogP contribution in [-0.4, -0.2) is 38.3 Å². The number of rotatable bonds is 6. The van der Waals surface area contributed by atoms with E-state index >= 15 is 0 Å². The highest BCUT2D eigenvalue weighted by atomic mass is 16.7. The lowest BCUT2D eigenvalue weighted by atomic mass is 10.1. The first kappa shape index (κ1) is 26.0. The van der Waals surface area contributed by atoms with Gasteiger partial charge < -0.3 is 19.5 Å². The Labute approximate surface area is 205 Å². The molecule has 9 heteroatoms. The Morgan fingerprint density at radius 2 is 1.80 bits per heavy atom. The molecule has 2 aromatic heterocycles. The molecular weight excluding hydrogens is 448 g/mol. The van der Waals surface area contributed by atoms with Crippen LogP contribution in [0.5, 0.6) is 5.75 Å². The number of hydrogen-bond donors (Lipinski definition) is 1. The molecule has 1 aromatic carbocycles. The van der Waals surface area contributed by atoms with Crippen LogP contribution >= 0.6 is 0 Å². The Morgan fingerprint density at radius 3 is 2.40 bits per heavy atom. The van der Waals surface area contributed by atoms with Crippen LogP contribution in [0.25, 0.3) is 21.7 Å². The van der Waals surface area contributed by atoms with E-state index < -0.39 is 11.6 Å². The highest BCUT2D eigenvalue weighted by Crippen LogP contribution is 2.29. The smallest absolute Gasteiger partial charge is 0.443 e. The Morgan fingerprint density at radius 1 is 1.11 bits per heavy atom. The molecule has 1 atom stereocenters. The second-order valence-corrected chi connectivity index (χ2v) is 10.2. The monoisotopic (exact) mass is 482 g/mol. The average Bonchev–Trinajstić information content (AvgIpc) is 2.73. The summed E-state index contributed by atoms with van der Waals surface area (Å²) in [4.78, 5) is 47.6. The number of pyridine rings is 2. The first-order chi connectivity index (χ1) is 16.3. The number of aryl methyl sites for hydroxylation is 1. The van der Waals surface area contributed by atoms with Gasteiger partial charge in [-0.05, 0) is 58.2 Å². The third kappa shape index (κ3) is 5.90. The quantitative estimate of drug-likeness (QED) is 0.391. The molecule has 0 saturated heterocycles. The molecular formula is C26H34N4O5. The molecule has 0 aliphatic rings. The Bertz CT molecular complexity index is 1320. The van der Waals surface area contributed by atoms with E-state index in [2.05, 4.69) is 24.1 Å². The Balaban J connectivity index is 2.03. The fourth-order valence-corrected chi connectivity index (χ4v) is 3.95. The van der Waals surface area contributed by atoms with Gasteiger partial charge in [0.05, 0.1) is 16.4 Å². The molecule has 3 aromatic rings. The van der Waals surface area contributed by atoms with Crippen molar-refractivity contribution in [3.8, 4) is 5.75 Å². The molecule has 0 saturated carbocycles. The zero-order chi connectivity index (χ0) is 26.1. The molecule has 0 aliphatic carbocycles. The van der Waals surface area contributed by atoms with Crippen LogP contribution in [0.3, 0.4) is 0 Å². The van der Waals surface area contributed by atoms with Crippen LogP contribution in [0.15, 0.2) is 35.3 Å². The van der Waals surface area contributed by atoms with Crippen LogP contribution in [0.1, 0.15) is 54.9 Å². The van der Waals surface area contributed by atoms with Gasteiger partial charge in [0.15, 0.2) is 5.75 Å². The number of nitrogens with one attached hydrogen (secondary N) is 1. The van der Waals surface area contributed by atoms with Crippen molar-refractivity contribution in [3.05, 3.63) is 40.8 Å². The maximum Gasteiger partial charge on any atom is 0.443 e. The molecule has 0 radical (unpaired) electrons. The molecule has 3 rings (SSSR count). The largest absolute Gasteiger partial charge is 0.444 e. The molecule has 188 valence electrons. The fraction of sp³-hybridized carbons (Fsp3) is 0.462. The van der Waals surface area contributed by atoms with E-state index in [0.717, 1.165) is 11.8 Å². The van der Waals surface area contributed by atoms with Crippen LogP contribution in [0.2, 0.25) is 0 Å². The normalized spacial score (nSPS) is 12.6. The molecule has 1 N–H and O–H groups in total. The number of anilines is 1. The molecule has 35 heavy (non-hydrogen) atoms. The molecule has 2 heterocycles. The Kier molecular flexibility index (Phi) is 7.38. The number of carbonyl (C=O) groups excluding carboxylic acids is 2. The van der Waals surface area contributed by atoms with Crippen molar-refractivity contribution in [1.29, 1.82) is 0 Å². The summed E-state index contributed by atoms with van der Waals surface area (Å²) >= 11 is 0. The first-order valence-corrected chi connectivity index (χ1v) is 11.7. The third-order valence-corrected chi connectivity index (χ3v) is 5.44. The maximum absolute atomic E-state index is 13.0. The predicted molar refractivity (Wildman–Crippen MR) is 136 cm³/mol. The lowest BCUT2D eigenvalue weighted by Crippen LogP contribution is -2.48. The minimum Gasteiger partial charge on any atom is -0.444 e. The number of amides is 2. The van der Waals surface area contributed by atoms with E-state index in [1.807, 2.05) is 33.8 Å². The lowest BCUT2D eigenvalue weighted by Gasteiger charge is -2.34. The Hall–Kier alpha value is -3.62. The number of ether oxygens (including phenoxy) is 1. The van der Waals surface area contributed by atoms with Gasteiger partial charge in [0, 0.05) is 37.0 Å². The number of hydroxylamine groups is 2. The third-order valence-electron chi connectivity index (χ3n) is 5.44. The average molecular weight is 483 g/mol. The molecule has 9 nitrogen and oxygen atoms in total. The zero-order valence-electron chi connectivity index (χ0n) is 21.6. The minimum atomic E-state index is -0.683. The van der Waals surface area contributed by atoms with Gasteiger partial charge in [0.1, 0.15) is 11.9 Å². The first-order valence-electron chi connectivity index (χ1n) is 11.7. The van der Waals surface area contributed by atoms with E-state index in [-0.39, 0.29) is 17.6 Å². The van der Waals surface area contributed by atoms with Crippen molar-refractivity contribution in [2.45, 2.75) is 66.5 Å². The van der Waals surface area contributed by atoms with Crippen molar-refractivity contribution in [1.82, 2.24) is 14.6 Å². The summed E-state index contributed by atoms with van der Waals surface area (Å²) < 4.78 is 7.13. The summed E-state index contributed by atoms with van der Waals surface area (Å²) in [7, 11) is 1.67. The van der Waals surface area contributed by atoms with E-state index in [0.29, 0.717) is 33.8 Å². The zero-order valence-corrected chi connectivity index (χ0v) is 21.6. The summed E-state index contributed by atoms with van der Waals surface area (Å²) in [6.45, 7) is 12.9. The predicted octanol–water partition coefficient (Wildman–Crippen LogP) is 5.01. The summed E-state index contributed by atoms with van der Waals surface area (Å²) in [5.74, 6) is 0.876. The highest BCUT2D eigenvalue weighted by molar-refractivity contribution is 6.07. The van der Waals surface area contributed by atoms with Crippen LogP contribution in [0.4, 0.5) is 10.6 Å². The van der Waals surface area contributed by atoms with Crippen molar-refractivity contribution >= 4 is 39.5 Å². The minimum absolute atomic E-state index is 0.235. The van der Waals surface area contributed by atoms with Gasteiger partial charge in [-0.2, -0.15) is 0 Å². The number of benzene rings is 1. The molecule has 0 bridgehead atoms. The van der Waals surface area contributed by atoms with Gasteiger partial charge in [0.2, 0.25) is 5.91 Å². The van der Waals surface area contributed by atoms with Gasteiger partial charge in [0.25, 0.3) is 5.56 Å². The van der Waals surface area contributed by atoms with Gasteiger partial charge in [-0.3, -0.25) is 9.59 Å². The van der Waals surface area contributed by atoms with Gasteiger partial charge in [-0.1, -0.05) is 13.8 Å². The second-order valence-electron chi connectivity index (χ2n) is 10.2. The van der Waals surface area contributed by atoms with Crippen LogP contribution in [-0.2, 0) is 16.6 Å². The van der Waals surface area contributed by atoms with Gasteiger partial charge in [-0.15, -0.1) is 5.06 Å². The maximum atomic E-state index is 13.0. The summed E-state index contributed by atoms with van der Waals surface area (Å²) in [5, 5.41) is 5.72. The molecule has 0 spiro atoms. The van der Waals surface area contributed by atoms with Gasteiger partial charge in [-0.25, -0.2) is 9.78 Å². The molecule has 0 aliphatic heterocycles. The second kappa shape index (κ2) is 9.93. The number of carbonyl (C=O) groups is 2. The lowest BCUT2D eigenvalue weighted by molar-refractivity contribution is -0.114. The topological polar surface area (TPSA) is 103 Å². The molecule has 0 unspecified atom stereocenters. The number of fused-ring (bicyclic) bond motifs is 3. The van der Waals surface area contributed by atoms with Crippen LogP contribution < -0.4 is 15.7 Å². The van der Waals surface area contributed by atoms with Crippen molar-refractivity contribution in [2.75, 3.05) is 5.32 Å². The number of aromatic nitrogens is 2. The van der Waals surface area contributed by atoms with Crippen molar-refractivity contribution in [3.63, 3.8) is 0 Å². The van der Waals surface area contributed by atoms with Crippen molar-refractivity contribution < 1.29 is 19.2 Å². The number of nitrogens with zero attached hydrogens (tertiary/aromatic N) is 3. The van der Waals surface area contributed by atoms with Crippen LogP contribution in [0, 0.1) is 5.92 Å². The summed E-state index contributed by atoms with van der Waals surface area (Å²) in [5.41, 5.74) is -0.311. The SMILES string of the molecule is CC(=O)Nc1cc2c(cn1)c(=O)n(C)c1cc(ON(C(=O)O[C@@H](C)CC(C)C)C(C)(C)C)ccc21. The van der Waals surface area contributed by atoms with E-state index in [4.69, 9.17) is 9.57 Å². The van der Waals surface area contributed by atoms with E-state index in [9.17, 15) is 14.4 Å². The van der Waals surface area contributed by atoms with Gasteiger partial charge >= 0.3 is 6.09 Å². The van der Waals surface area contributed by atoms with E-state index in [1.54, 1.807) is 25.2 Å². The fourth-order valence-electron chi connectivity index (χ4n) is 3.95. The molecule has 2 amide bonds. The standard InChI is InChI=1S/C26H34N4O5/c1-15(2)11-16(3)34-25(33)30(26(5,6)7)35-18-9-10-19-20-13-23(28-17(4)31)27-14-21(20)24(32)29(8)22(19)12-18/h9-10,12-16H,11H2,1-8H3,(H,27,28,31)/t16-/m0/s1. The van der Waals surface area contributed by atoms with E-state index in [1.165, 1.54) is 22.8 Å².